The summed E-state index contributed by atoms with van der Waals surface area (Å²) in [5.41, 5.74) is 3.71. The lowest BCUT2D eigenvalue weighted by Gasteiger charge is -2.02. The molecule has 0 aliphatic carbocycles. The van der Waals surface area contributed by atoms with Crippen LogP contribution in [-0.4, -0.2) is 0 Å². The zero-order valence-corrected chi connectivity index (χ0v) is 8.61. The number of hydrogen-bond acceptors (Lipinski definition) is 0. The largest absolute Gasteiger partial charge is 0.0959 e. The summed E-state index contributed by atoms with van der Waals surface area (Å²) in [6, 6.07) is 0. The molecule has 0 aromatic carbocycles. The number of rotatable bonds is 5. The monoisotopic (exact) mass is 164 g/mol. The molecule has 0 unspecified atom stereocenters. The highest BCUT2D eigenvalue weighted by Gasteiger charge is 1.93. The molecule has 0 saturated carbocycles. The van der Waals surface area contributed by atoms with Gasteiger partial charge in [0.05, 0.1) is 0 Å². The fourth-order valence-electron chi connectivity index (χ4n) is 0.920. The predicted molar refractivity (Wildman–Crippen MR) is 57.2 cm³/mol. The van der Waals surface area contributed by atoms with Crippen LogP contribution in [0.1, 0.15) is 40.0 Å². The van der Waals surface area contributed by atoms with Gasteiger partial charge < -0.3 is 0 Å². The van der Waals surface area contributed by atoms with Gasteiger partial charge in [0.25, 0.3) is 0 Å². The lowest BCUT2D eigenvalue weighted by molar-refractivity contribution is 0.835. The molecule has 0 N–H and O–H groups in total. The Morgan fingerprint density at radius 1 is 1.17 bits per heavy atom. The van der Waals surface area contributed by atoms with Gasteiger partial charge in [-0.05, 0) is 40.0 Å². The summed E-state index contributed by atoms with van der Waals surface area (Å²) < 4.78 is 0. The Labute approximate surface area is 76.7 Å². The summed E-state index contributed by atoms with van der Waals surface area (Å²) in [6.45, 7) is 14.1. The molecule has 0 fully saturated rings. The van der Waals surface area contributed by atoms with E-state index in [4.69, 9.17) is 0 Å². The normalized spacial score (nSPS) is 9.25. The lowest BCUT2D eigenvalue weighted by atomic mass is 10.0. The van der Waals surface area contributed by atoms with E-state index in [0.29, 0.717) is 0 Å². The summed E-state index contributed by atoms with van der Waals surface area (Å²) >= 11 is 0. The van der Waals surface area contributed by atoms with Gasteiger partial charge in [0.2, 0.25) is 0 Å². The van der Waals surface area contributed by atoms with Gasteiger partial charge in [0.15, 0.2) is 0 Å². The van der Waals surface area contributed by atoms with Crippen LogP contribution in [0.5, 0.6) is 0 Å². The molecule has 0 saturated heterocycles. The van der Waals surface area contributed by atoms with Crippen LogP contribution in [0.2, 0.25) is 0 Å². The van der Waals surface area contributed by atoms with Crippen molar-refractivity contribution in [3.8, 4) is 0 Å². The first-order chi connectivity index (χ1) is 5.54. The quantitative estimate of drug-likeness (QED) is 0.323. The maximum Gasteiger partial charge on any atom is -0.0279 e. The minimum Gasteiger partial charge on any atom is -0.0959 e. The fraction of sp³-hybridized carbons (Fsp3) is 0.500. The second-order valence-electron chi connectivity index (χ2n) is 3.56. The van der Waals surface area contributed by atoms with Crippen LogP contribution >= 0.6 is 0 Å². The molecule has 0 aromatic rings. The second-order valence-corrected chi connectivity index (χ2v) is 3.56. The first-order valence-corrected chi connectivity index (χ1v) is 4.51. The van der Waals surface area contributed by atoms with E-state index in [1.165, 1.54) is 17.6 Å². The molecule has 0 aliphatic heterocycles. The summed E-state index contributed by atoms with van der Waals surface area (Å²) in [6.07, 6.45) is 5.70. The van der Waals surface area contributed by atoms with Crippen LogP contribution in [0.4, 0.5) is 0 Å². The van der Waals surface area contributed by atoms with Gasteiger partial charge >= 0.3 is 0 Å². The van der Waals surface area contributed by atoms with E-state index < -0.39 is 0 Å². The van der Waals surface area contributed by atoms with E-state index in [2.05, 4.69) is 33.1 Å². The SMILES string of the molecule is C=C(C)C(=C)CCCC=C(C)C. The van der Waals surface area contributed by atoms with Gasteiger partial charge in [0.1, 0.15) is 0 Å². The molecular formula is C12H20. The first-order valence-electron chi connectivity index (χ1n) is 4.51. The Morgan fingerprint density at radius 3 is 2.17 bits per heavy atom. The van der Waals surface area contributed by atoms with E-state index in [9.17, 15) is 0 Å². The minimum atomic E-state index is 1.08. The van der Waals surface area contributed by atoms with Gasteiger partial charge in [-0.25, -0.2) is 0 Å². The van der Waals surface area contributed by atoms with Gasteiger partial charge in [-0.1, -0.05) is 36.0 Å². The lowest BCUT2D eigenvalue weighted by Crippen LogP contribution is -1.82. The summed E-state index contributed by atoms with van der Waals surface area (Å²) in [5.74, 6) is 0. The Kier molecular flexibility index (Phi) is 5.44. The van der Waals surface area contributed by atoms with Crippen molar-refractivity contribution in [1.29, 1.82) is 0 Å². The molecule has 12 heavy (non-hydrogen) atoms. The van der Waals surface area contributed by atoms with Crippen LogP contribution in [0.15, 0.2) is 36.0 Å². The third-order valence-corrected chi connectivity index (χ3v) is 1.84. The van der Waals surface area contributed by atoms with Gasteiger partial charge in [-0.3, -0.25) is 0 Å². The van der Waals surface area contributed by atoms with Crippen molar-refractivity contribution < 1.29 is 0 Å². The maximum absolute atomic E-state index is 3.95. The Balaban J connectivity index is 3.51. The molecule has 0 radical (unpaired) electrons. The van der Waals surface area contributed by atoms with E-state index in [0.717, 1.165) is 18.4 Å². The fourth-order valence-corrected chi connectivity index (χ4v) is 0.920. The number of allylic oxidation sites excluding steroid dienone is 4. The minimum absolute atomic E-state index is 1.08. The standard InChI is InChI=1S/C12H20/c1-10(2)8-6-7-9-12(5)11(3)4/h8H,3,5-7,9H2,1-2,4H3. The Bertz CT molecular complexity index is 190. The topological polar surface area (TPSA) is 0 Å². The molecule has 0 spiro atoms. The van der Waals surface area contributed by atoms with Crippen LogP contribution < -0.4 is 0 Å². The molecule has 0 bridgehead atoms. The molecule has 0 amide bonds. The van der Waals surface area contributed by atoms with Crippen molar-refractivity contribution in [2.45, 2.75) is 40.0 Å². The first kappa shape index (κ1) is 11.2. The van der Waals surface area contributed by atoms with Crippen molar-refractivity contribution in [2.75, 3.05) is 0 Å². The second kappa shape index (κ2) is 5.82. The molecule has 0 atom stereocenters. The van der Waals surface area contributed by atoms with Crippen LogP contribution in [0, 0.1) is 0 Å². The van der Waals surface area contributed by atoms with Gasteiger partial charge in [-0.15, -0.1) is 0 Å². The number of hydrogen-bond donors (Lipinski definition) is 0. The third-order valence-electron chi connectivity index (χ3n) is 1.84. The molecule has 68 valence electrons. The van der Waals surface area contributed by atoms with E-state index in [1.807, 2.05) is 6.92 Å². The van der Waals surface area contributed by atoms with Gasteiger partial charge in [-0.2, -0.15) is 0 Å². The Morgan fingerprint density at radius 2 is 1.75 bits per heavy atom. The highest BCUT2D eigenvalue weighted by Crippen LogP contribution is 2.13. The summed E-state index contributed by atoms with van der Waals surface area (Å²) in [4.78, 5) is 0. The van der Waals surface area contributed by atoms with E-state index in [1.54, 1.807) is 0 Å². The average Bonchev–Trinajstić information content (AvgIpc) is 1.97. The van der Waals surface area contributed by atoms with Crippen molar-refractivity contribution in [2.24, 2.45) is 0 Å². The Hall–Kier alpha value is -0.780. The van der Waals surface area contributed by atoms with Crippen molar-refractivity contribution in [3.63, 3.8) is 0 Å². The summed E-state index contributed by atoms with van der Waals surface area (Å²) in [5, 5.41) is 0. The third kappa shape index (κ3) is 5.96. The van der Waals surface area contributed by atoms with E-state index >= 15 is 0 Å². The highest BCUT2D eigenvalue weighted by atomic mass is 14.0. The maximum atomic E-state index is 3.95. The number of unbranched alkanes of at least 4 members (excludes halogenated alkanes) is 1. The van der Waals surface area contributed by atoms with Crippen molar-refractivity contribution in [3.05, 3.63) is 36.0 Å². The van der Waals surface area contributed by atoms with Crippen LogP contribution in [0.3, 0.4) is 0 Å². The smallest absolute Gasteiger partial charge is 0.0279 e. The van der Waals surface area contributed by atoms with Gasteiger partial charge in [0, 0.05) is 0 Å². The van der Waals surface area contributed by atoms with E-state index in [-0.39, 0.29) is 0 Å². The molecular weight excluding hydrogens is 144 g/mol. The zero-order chi connectivity index (χ0) is 9.56. The zero-order valence-electron chi connectivity index (χ0n) is 8.61. The molecule has 0 rings (SSSR count). The average molecular weight is 164 g/mol. The molecule has 0 aliphatic rings. The van der Waals surface area contributed by atoms with Crippen molar-refractivity contribution >= 4 is 0 Å². The molecule has 0 heterocycles. The van der Waals surface area contributed by atoms with Crippen molar-refractivity contribution in [1.82, 2.24) is 0 Å². The van der Waals surface area contributed by atoms with Crippen LogP contribution in [-0.2, 0) is 0 Å². The summed E-state index contributed by atoms with van der Waals surface area (Å²) in [7, 11) is 0. The molecule has 0 heteroatoms. The predicted octanol–water partition coefficient (Wildman–Crippen LogP) is 4.26. The molecule has 0 aromatic heterocycles. The highest BCUT2D eigenvalue weighted by molar-refractivity contribution is 5.22. The van der Waals surface area contributed by atoms with Crippen LogP contribution in [0.25, 0.3) is 0 Å². The molecule has 0 nitrogen and oxygen atoms in total.